The maximum Gasteiger partial charge on any atom is 0.254 e. The number of likely N-dealkylation sites (tertiary alicyclic amines) is 1. The van der Waals surface area contributed by atoms with Crippen LogP contribution >= 0.6 is 0 Å². The fraction of sp³-hybridized carbons (Fsp3) is 0.615. The summed E-state index contributed by atoms with van der Waals surface area (Å²) >= 11 is 0. The van der Waals surface area contributed by atoms with Gasteiger partial charge in [-0.15, -0.1) is 0 Å². The number of rotatable bonds is 4. The Labute approximate surface area is 118 Å². The summed E-state index contributed by atoms with van der Waals surface area (Å²) in [5, 5.41) is 6.98. The molecule has 1 aromatic heterocycles. The van der Waals surface area contributed by atoms with Crippen molar-refractivity contribution in [1.29, 1.82) is 0 Å². The van der Waals surface area contributed by atoms with E-state index >= 15 is 0 Å². The third kappa shape index (κ3) is 3.36. The lowest BCUT2D eigenvalue weighted by atomic mass is 10.0. The van der Waals surface area contributed by atoms with E-state index in [2.05, 4.69) is 15.3 Å². The van der Waals surface area contributed by atoms with Crippen LogP contribution in [0.1, 0.15) is 30.1 Å². The zero-order valence-electron chi connectivity index (χ0n) is 11.9. The zero-order valence-corrected chi connectivity index (χ0v) is 11.9. The summed E-state index contributed by atoms with van der Waals surface area (Å²) in [6.45, 7) is 3.35. The quantitative estimate of drug-likeness (QED) is 0.776. The third-order valence-electron chi connectivity index (χ3n) is 3.79. The first-order chi connectivity index (χ1) is 9.47. The molecule has 1 aromatic rings. The highest BCUT2D eigenvalue weighted by atomic mass is 16.2. The molecule has 1 atom stereocenters. The van der Waals surface area contributed by atoms with Gasteiger partial charge in [-0.1, -0.05) is 0 Å². The first kappa shape index (κ1) is 14.5. The van der Waals surface area contributed by atoms with Crippen LogP contribution < -0.4 is 11.1 Å². The number of aromatic nitrogens is 2. The first-order valence-corrected chi connectivity index (χ1v) is 6.80. The second-order valence-electron chi connectivity index (χ2n) is 5.26. The summed E-state index contributed by atoms with van der Waals surface area (Å²) in [4.78, 5) is 25.2. The van der Waals surface area contributed by atoms with Crippen LogP contribution in [0.4, 0.5) is 0 Å². The van der Waals surface area contributed by atoms with Crippen LogP contribution in [0.3, 0.4) is 0 Å². The van der Waals surface area contributed by atoms with Crippen LogP contribution in [-0.4, -0.2) is 51.7 Å². The summed E-state index contributed by atoms with van der Waals surface area (Å²) in [7, 11) is 1.78. The van der Waals surface area contributed by atoms with E-state index < -0.39 is 0 Å². The summed E-state index contributed by atoms with van der Waals surface area (Å²) in [6.07, 6.45) is 4.90. The molecular weight excluding hydrogens is 258 g/mol. The third-order valence-corrected chi connectivity index (χ3v) is 3.79. The number of primary amides is 1. The average Bonchev–Trinajstić information content (AvgIpc) is 2.85. The van der Waals surface area contributed by atoms with Gasteiger partial charge in [0.15, 0.2) is 0 Å². The van der Waals surface area contributed by atoms with Crippen LogP contribution in [0, 0.1) is 0 Å². The Morgan fingerprint density at radius 1 is 1.45 bits per heavy atom. The van der Waals surface area contributed by atoms with Crippen molar-refractivity contribution >= 4 is 11.8 Å². The number of carbonyl (C=O) groups is 2. The second-order valence-corrected chi connectivity index (χ2v) is 5.26. The van der Waals surface area contributed by atoms with E-state index in [0.29, 0.717) is 5.56 Å². The van der Waals surface area contributed by atoms with Crippen molar-refractivity contribution in [3.63, 3.8) is 0 Å². The summed E-state index contributed by atoms with van der Waals surface area (Å²) in [5.74, 6) is -0.401. The number of hydrogen-bond donors (Lipinski definition) is 2. The molecule has 1 aliphatic heterocycles. The smallest absolute Gasteiger partial charge is 0.254 e. The molecule has 0 unspecified atom stereocenters. The molecule has 3 N–H and O–H groups in total. The van der Waals surface area contributed by atoms with Gasteiger partial charge >= 0.3 is 0 Å². The number of nitrogens with zero attached hydrogens (tertiary/aromatic N) is 3. The molecule has 0 saturated carbocycles. The van der Waals surface area contributed by atoms with Gasteiger partial charge in [0.1, 0.15) is 0 Å². The molecule has 1 fully saturated rings. The Bertz CT molecular complexity index is 491. The molecule has 110 valence electrons. The van der Waals surface area contributed by atoms with Crippen molar-refractivity contribution in [1.82, 2.24) is 20.0 Å². The molecule has 0 bridgehead atoms. The minimum atomic E-state index is -0.303. The molecule has 2 heterocycles. The van der Waals surface area contributed by atoms with Gasteiger partial charge in [0, 0.05) is 32.4 Å². The Balaban J connectivity index is 1.82. The molecule has 7 nitrogen and oxygen atoms in total. The minimum absolute atomic E-state index is 0.0977. The lowest BCUT2D eigenvalue weighted by Crippen LogP contribution is -2.50. The van der Waals surface area contributed by atoms with Gasteiger partial charge in [-0.2, -0.15) is 5.10 Å². The predicted molar refractivity (Wildman–Crippen MR) is 73.9 cm³/mol. The Hall–Kier alpha value is -1.89. The number of aryl methyl sites for hydroxylation is 1. The van der Waals surface area contributed by atoms with Crippen molar-refractivity contribution < 1.29 is 9.59 Å². The van der Waals surface area contributed by atoms with Gasteiger partial charge in [-0.05, 0) is 19.8 Å². The Morgan fingerprint density at radius 2 is 2.10 bits per heavy atom. The lowest BCUT2D eigenvalue weighted by molar-refractivity contribution is -0.123. The zero-order chi connectivity index (χ0) is 14.7. The highest BCUT2D eigenvalue weighted by molar-refractivity contribution is 5.93. The maximum atomic E-state index is 12.0. The lowest BCUT2D eigenvalue weighted by Gasteiger charge is -2.34. The van der Waals surface area contributed by atoms with E-state index in [0.717, 1.165) is 25.9 Å². The van der Waals surface area contributed by atoms with E-state index in [1.54, 1.807) is 24.1 Å². The SMILES string of the molecule is C[C@H](C(N)=O)N1CCC(NC(=O)c2cnn(C)c2)CC1. The van der Waals surface area contributed by atoms with Crippen molar-refractivity contribution in [2.45, 2.75) is 31.8 Å². The fourth-order valence-corrected chi connectivity index (χ4v) is 2.42. The Morgan fingerprint density at radius 3 is 2.60 bits per heavy atom. The van der Waals surface area contributed by atoms with Crippen LogP contribution in [-0.2, 0) is 11.8 Å². The van der Waals surface area contributed by atoms with Crippen molar-refractivity contribution in [3.05, 3.63) is 18.0 Å². The van der Waals surface area contributed by atoms with E-state index in [9.17, 15) is 9.59 Å². The van der Waals surface area contributed by atoms with E-state index in [4.69, 9.17) is 5.73 Å². The topological polar surface area (TPSA) is 93.2 Å². The first-order valence-electron chi connectivity index (χ1n) is 6.80. The van der Waals surface area contributed by atoms with Crippen molar-refractivity contribution in [2.24, 2.45) is 12.8 Å². The fourth-order valence-electron chi connectivity index (χ4n) is 2.42. The predicted octanol–water partition coefficient (Wildman–Crippen LogP) is -0.512. The monoisotopic (exact) mass is 279 g/mol. The molecule has 20 heavy (non-hydrogen) atoms. The number of hydrogen-bond acceptors (Lipinski definition) is 4. The molecular formula is C13H21N5O2. The molecule has 0 spiro atoms. The second kappa shape index (κ2) is 6.04. The molecule has 2 rings (SSSR count). The van der Waals surface area contributed by atoms with Gasteiger partial charge in [-0.3, -0.25) is 19.2 Å². The van der Waals surface area contributed by atoms with Gasteiger partial charge in [-0.25, -0.2) is 0 Å². The summed E-state index contributed by atoms with van der Waals surface area (Å²) in [5.41, 5.74) is 5.87. The van der Waals surface area contributed by atoms with Gasteiger partial charge < -0.3 is 11.1 Å². The highest BCUT2D eigenvalue weighted by Gasteiger charge is 2.26. The maximum absolute atomic E-state index is 12.0. The average molecular weight is 279 g/mol. The molecule has 0 radical (unpaired) electrons. The number of amides is 2. The number of carbonyl (C=O) groups excluding carboxylic acids is 2. The van der Waals surface area contributed by atoms with Crippen LogP contribution in [0.25, 0.3) is 0 Å². The number of piperidine rings is 1. The van der Waals surface area contributed by atoms with Crippen LogP contribution in [0.15, 0.2) is 12.4 Å². The number of nitrogens with one attached hydrogen (secondary N) is 1. The van der Waals surface area contributed by atoms with Crippen molar-refractivity contribution in [3.8, 4) is 0 Å². The summed E-state index contributed by atoms with van der Waals surface area (Å²) < 4.78 is 1.60. The van der Waals surface area contributed by atoms with E-state index in [1.807, 2.05) is 6.92 Å². The molecule has 1 aliphatic rings. The largest absolute Gasteiger partial charge is 0.368 e. The molecule has 7 heteroatoms. The van der Waals surface area contributed by atoms with Crippen LogP contribution in [0.5, 0.6) is 0 Å². The van der Waals surface area contributed by atoms with Gasteiger partial charge in [0.2, 0.25) is 5.91 Å². The van der Waals surface area contributed by atoms with Gasteiger partial charge in [0.05, 0.1) is 17.8 Å². The van der Waals surface area contributed by atoms with Gasteiger partial charge in [0.25, 0.3) is 5.91 Å². The molecule has 0 aromatic carbocycles. The Kier molecular flexibility index (Phi) is 4.39. The standard InChI is InChI=1S/C13H21N5O2/c1-9(12(14)19)18-5-3-11(4-6-18)16-13(20)10-7-15-17(2)8-10/h7-9,11H,3-6H2,1-2H3,(H2,14,19)(H,16,20)/t9-/m1/s1. The minimum Gasteiger partial charge on any atom is -0.368 e. The number of nitrogens with two attached hydrogens (primary N) is 1. The van der Waals surface area contributed by atoms with Crippen LogP contribution in [0.2, 0.25) is 0 Å². The normalized spacial score (nSPS) is 18.7. The molecule has 1 saturated heterocycles. The molecule has 2 amide bonds. The van der Waals surface area contributed by atoms with E-state index in [-0.39, 0.29) is 23.9 Å². The summed E-state index contributed by atoms with van der Waals surface area (Å²) in [6, 6.07) is -0.107. The van der Waals surface area contributed by atoms with Crippen molar-refractivity contribution in [2.75, 3.05) is 13.1 Å². The van der Waals surface area contributed by atoms with E-state index in [1.165, 1.54) is 0 Å². The highest BCUT2D eigenvalue weighted by Crippen LogP contribution is 2.13. The molecule has 0 aliphatic carbocycles.